The molecular formula is C14H20BrN3O2. The van der Waals surface area contributed by atoms with Crippen LogP contribution in [0.4, 0.5) is 5.69 Å². The highest BCUT2D eigenvalue weighted by Gasteiger charge is 2.34. The molecule has 1 heterocycles. The van der Waals surface area contributed by atoms with Gasteiger partial charge in [0.25, 0.3) is 0 Å². The van der Waals surface area contributed by atoms with E-state index in [4.69, 9.17) is 15.9 Å². The van der Waals surface area contributed by atoms with E-state index in [1.54, 1.807) is 0 Å². The van der Waals surface area contributed by atoms with Crippen molar-refractivity contribution < 1.29 is 9.84 Å². The summed E-state index contributed by atoms with van der Waals surface area (Å²) in [7, 11) is 0. The Bertz CT molecular complexity index is 519. The van der Waals surface area contributed by atoms with E-state index in [2.05, 4.69) is 20.8 Å². The summed E-state index contributed by atoms with van der Waals surface area (Å²) in [4.78, 5) is 2.12. The number of nitrogens with two attached hydrogens (primary N) is 1. The van der Waals surface area contributed by atoms with Crippen LogP contribution < -0.4 is 10.6 Å². The zero-order valence-electron chi connectivity index (χ0n) is 11.7. The van der Waals surface area contributed by atoms with Gasteiger partial charge in [-0.2, -0.15) is 0 Å². The molecule has 1 aromatic carbocycles. The standard InChI is InChI=1S/C14H20BrN3O2/c1-14(2)8-18(6-10(7-19)20-14)12-4-3-9(15)5-11(12)13(16)17/h3-5,10,19H,6-8H2,1-2H3,(H3,16,17). The lowest BCUT2D eigenvalue weighted by atomic mass is 10.0. The summed E-state index contributed by atoms with van der Waals surface area (Å²) < 4.78 is 6.70. The predicted molar refractivity (Wildman–Crippen MR) is 83.4 cm³/mol. The number of amidine groups is 1. The van der Waals surface area contributed by atoms with Gasteiger partial charge in [-0.3, -0.25) is 5.41 Å². The van der Waals surface area contributed by atoms with Gasteiger partial charge in [-0.25, -0.2) is 0 Å². The highest BCUT2D eigenvalue weighted by atomic mass is 79.9. The third kappa shape index (κ3) is 3.31. The van der Waals surface area contributed by atoms with E-state index in [9.17, 15) is 5.11 Å². The maximum atomic E-state index is 9.38. The third-order valence-electron chi connectivity index (χ3n) is 3.27. The first-order valence-corrected chi connectivity index (χ1v) is 7.29. The molecule has 0 bridgehead atoms. The van der Waals surface area contributed by atoms with Crippen molar-refractivity contribution in [2.75, 3.05) is 24.6 Å². The lowest BCUT2D eigenvalue weighted by Gasteiger charge is -2.44. The van der Waals surface area contributed by atoms with Crippen LogP contribution in [0.25, 0.3) is 0 Å². The van der Waals surface area contributed by atoms with Gasteiger partial charge in [0.05, 0.1) is 18.3 Å². The zero-order valence-corrected chi connectivity index (χ0v) is 13.3. The molecule has 20 heavy (non-hydrogen) atoms. The summed E-state index contributed by atoms with van der Waals surface area (Å²) in [6.07, 6.45) is -0.234. The monoisotopic (exact) mass is 341 g/mol. The number of nitrogen functional groups attached to an aromatic ring is 1. The number of nitrogens with zero attached hydrogens (tertiary/aromatic N) is 1. The minimum absolute atomic E-state index is 0.0220. The fourth-order valence-corrected chi connectivity index (χ4v) is 2.94. The van der Waals surface area contributed by atoms with Crippen molar-refractivity contribution in [1.29, 1.82) is 5.41 Å². The van der Waals surface area contributed by atoms with Gasteiger partial charge in [-0.1, -0.05) is 15.9 Å². The fourth-order valence-electron chi connectivity index (χ4n) is 2.57. The van der Waals surface area contributed by atoms with E-state index in [1.165, 1.54) is 0 Å². The minimum Gasteiger partial charge on any atom is -0.394 e. The molecule has 0 aliphatic carbocycles. The summed E-state index contributed by atoms with van der Waals surface area (Å²) in [5.41, 5.74) is 6.91. The van der Waals surface area contributed by atoms with E-state index < -0.39 is 0 Å². The third-order valence-corrected chi connectivity index (χ3v) is 3.77. The van der Waals surface area contributed by atoms with Crippen molar-refractivity contribution in [2.24, 2.45) is 5.73 Å². The van der Waals surface area contributed by atoms with Crippen molar-refractivity contribution in [3.05, 3.63) is 28.2 Å². The van der Waals surface area contributed by atoms with Gasteiger partial charge in [0.2, 0.25) is 0 Å². The van der Waals surface area contributed by atoms with Crippen LogP contribution in [-0.4, -0.2) is 42.3 Å². The molecule has 0 radical (unpaired) electrons. The van der Waals surface area contributed by atoms with E-state index in [0.29, 0.717) is 18.7 Å². The Morgan fingerprint density at radius 2 is 2.30 bits per heavy atom. The quantitative estimate of drug-likeness (QED) is 0.577. The van der Waals surface area contributed by atoms with Crippen molar-refractivity contribution >= 4 is 27.5 Å². The number of benzene rings is 1. The van der Waals surface area contributed by atoms with Gasteiger partial charge in [0, 0.05) is 28.8 Å². The molecule has 0 spiro atoms. The Balaban J connectivity index is 2.37. The first-order valence-electron chi connectivity index (χ1n) is 6.50. The molecule has 1 unspecified atom stereocenters. The van der Waals surface area contributed by atoms with Gasteiger partial charge in [-0.15, -0.1) is 0 Å². The Kier molecular flexibility index (Phi) is 4.36. The Labute approximate surface area is 127 Å². The van der Waals surface area contributed by atoms with Gasteiger partial charge in [-0.05, 0) is 32.0 Å². The molecule has 6 heteroatoms. The number of ether oxygens (including phenoxy) is 1. The number of rotatable bonds is 3. The molecule has 0 saturated carbocycles. The molecule has 110 valence electrons. The van der Waals surface area contributed by atoms with Crippen LogP contribution in [0.15, 0.2) is 22.7 Å². The Hall–Kier alpha value is -1.11. The molecule has 1 saturated heterocycles. The Morgan fingerprint density at radius 3 is 2.90 bits per heavy atom. The van der Waals surface area contributed by atoms with Crippen molar-refractivity contribution in [2.45, 2.75) is 25.6 Å². The summed E-state index contributed by atoms with van der Waals surface area (Å²) in [6.45, 7) is 5.24. The van der Waals surface area contributed by atoms with Crippen LogP contribution in [0.3, 0.4) is 0 Å². The number of aliphatic hydroxyl groups excluding tert-OH is 1. The fraction of sp³-hybridized carbons (Fsp3) is 0.500. The largest absolute Gasteiger partial charge is 0.394 e. The van der Waals surface area contributed by atoms with Gasteiger partial charge in [0.15, 0.2) is 0 Å². The lowest BCUT2D eigenvalue weighted by Crippen LogP contribution is -2.54. The SMILES string of the molecule is CC1(C)CN(c2ccc(Br)cc2C(=N)N)CC(CO)O1. The molecule has 4 N–H and O–H groups in total. The van der Waals surface area contributed by atoms with Crippen molar-refractivity contribution in [3.8, 4) is 0 Å². The van der Waals surface area contributed by atoms with Gasteiger partial charge >= 0.3 is 0 Å². The van der Waals surface area contributed by atoms with E-state index in [1.807, 2.05) is 32.0 Å². The van der Waals surface area contributed by atoms with Crippen LogP contribution in [-0.2, 0) is 4.74 Å². The van der Waals surface area contributed by atoms with Crippen LogP contribution >= 0.6 is 15.9 Å². The van der Waals surface area contributed by atoms with Gasteiger partial charge < -0.3 is 20.5 Å². The Morgan fingerprint density at radius 1 is 1.60 bits per heavy atom. The molecule has 1 aromatic rings. The van der Waals surface area contributed by atoms with E-state index >= 15 is 0 Å². The molecule has 2 rings (SSSR count). The van der Waals surface area contributed by atoms with Gasteiger partial charge in [0.1, 0.15) is 5.84 Å². The van der Waals surface area contributed by atoms with Crippen LogP contribution in [0.1, 0.15) is 19.4 Å². The second kappa shape index (κ2) is 5.71. The van der Waals surface area contributed by atoms with Crippen LogP contribution in [0.5, 0.6) is 0 Å². The average molecular weight is 342 g/mol. The number of aliphatic hydroxyl groups is 1. The molecule has 1 aliphatic heterocycles. The second-order valence-corrected chi connectivity index (χ2v) is 6.55. The smallest absolute Gasteiger partial charge is 0.124 e. The predicted octanol–water partition coefficient (Wildman–Crippen LogP) is 1.71. The summed E-state index contributed by atoms with van der Waals surface area (Å²) in [5, 5.41) is 17.1. The van der Waals surface area contributed by atoms with Crippen molar-refractivity contribution in [3.63, 3.8) is 0 Å². The number of nitrogens with one attached hydrogen (secondary N) is 1. The summed E-state index contributed by atoms with van der Waals surface area (Å²) in [5.74, 6) is 0.0335. The number of hydrogen-bond acceptors (Lipinski definition) is 4. The molecule has 1 fully saturated rings. The zero-order chi connectivity index (χ0) is 14.9. The topological polar surface area (TPSA) is 82.6 Å². The highest BCUT2D eigenvalue weighted by molar-refractivity contribution is 9.10. The first-order chi connectivity index (χ1) is 9.32. The van der Waals surface area contributed by atoms with E-state index in [-0.39, 0.29) is 24.1 Å². The molecule has 0 amide bonds. The number of halogens is 1. The minimum atomic E-state index is -0.354. The van der Waals surface area contributed by atoms with Crippen molar-refractivity contribution in [1.82, 2.24) is 0 Å². The first kappa shape index (κ1) is 15.3. The molecule has 0 aromatic heterocycles. The summed E-state index contributed by atoms with van der Waals surface area (Å²) in [6, 6.07) is 5.71. The normalized spacial score (nSPS) is 21.8. The lowest BCUT2D eigenvalue weighted by molar-refractivity contribution is -0.101. The molecule has 1 atom stereocenters. The maximum absolute atomic E-state index is 9.38. The summed E-state index contributed by atoms with van der Waals surface area (Å²) >= 11 is 3.40. The van der Waals surface area contributed by atoms with E-state index in [0.717, 1.165) is 10.2 Å². The molecular weight excluding hydrogens is 322 g/mol. The molecule has 1 aliphatic rings. The maximum Gasteiger partial charge on any atom is 0.124 e. The average Bonchev–Trinajstić information content (AvgIpc) is 2.36. The second-order valence-electron chi connectivity index (χ2n) is 5.64. The number of morpholine rings is 1. The number of anilines is 1. The van der Waals surface area contributed by atoms with Crippen LogP contribution in [0.2, 0.25) is 0 Å². The molecule has 5 nitrogen and oxygen atoms in total. The number of hydrogen-bond donors (Lipinski definition) is 3. The van der Waals surface area contributed by atoms with Crippen LogP contribution in [0, 0.1) is 5.41 Å². The highest BCUT2D eigenvalue weighted by Crippen LogP contribution is 2.30.